The van der Waals surface area contributed by atoms with Gasteiger partial charge in [0, 0.05) is 18.1 Å². The van der Waals surface area contributed by atoms with Crippen LogP contribution in [0.2, 0.25) is 0 Å². The summed E-state index contributed by atoms with van der Waals surface area (Å²) in [6.45, 7) is 2.02. The van der Waals surface area contributed by atoms with Crippen LogP contribution in [0.3, 0.4) is 0 Å². The highest BCUT2D eigenvalue weighted by Crippen LogP contribution is 2.30. The van der Waals surface area contributed by atoms with E-state index in [0.29, 0.717) is 0 Å². The third kappa shape index (κ3) is 2.65. The number of nitrogens with zero attached hydrogens (tertiary/aromatic N) is 3. The lowest BCUT2D eigenvalue weighted by atomic mass is 10.1. The van der Waals surface area contributed by atoms with Gasteiger partial charge in [0.2, 0.25) is 0 Å². The van der Waals surface area contributed by atoms with E-state index in [2.05, 4.69) is 41.3 Å². The number of aromatic nitrogens is 3. The molecule has 0 saturated heterocycles. The second-order valence-corrected chi connectivity index (χ2v) is 6.60. The predicted molar refractivity (Wildman–Crippen MR) is 101 cm³/mol. The number of para-hydroxylation sites is 2. The van der Waals surface area contributed by atoms with Crippen LogP contribution in [-0.4, -0.2) is 14.5 Å². The third-order valence-electron chi connectivity index (χ3n) is 3.99. The summed E-state index contributed by atoms with van der Waals surface area (Å²) in [5.41, 5.74) is 5.36. The standard InChI is InChI=1S/C20H17N3S/c1-14-13-24-20(21-14)16(12-15-8-4-3-5-9-15)19-22-17-10-6-7-11-18(17)23(19)2/h3-13H,1-2H3/b16-12+. The van der Waals surface area contributed by atoms with E-state index in [1.807, 2.05) is 43.3 Å². The van der Waals surface area contributed by atoms with Gasteiger partial charge in [-0.1, -0.05) is 42.5 Å². The van der Waals surface area contributed by atoms with E-state index in [-0.39, 0.29) is 0 Å². The van der Waals surface area contributed by atoms with E-state index in [1.165, 1.54) is 0 Å². The van der Waals surface area contributed by atoms with Crippen LogP contribution in [-0.2, 0) is 7.05 Å². The average molecular weight is 331 g/mol. The van der Waals surface area contributed by atoms with E-state index in [4.69, 9.17) is 9.97 Å². The Kier molecular flexibility index (Phi) is 3.75. The van der Waals surface area contributed by atoms with E-state index < -0.39 is 0 Å². The zero-order chi connectivity index (χ0) is 16.5. The van der Waals surface area contributed by atoms with Gasteiger partial charge in [-0.2, -0.15) is 0 Å². The molecule has 0 radical (unpaired) electrons. The van der Waals surface area contributed by atoms with Gasteiger partial charge in [0.05, 0.1) is 16.6 Å². The first-order valence-electron chi connectivity index (χ1n) is 7.83. The molecule has 0 fully saturated rings. The Balaban J connectivity index is 1.95. The normalized spacial score (nSPS) is 12.0. The van der Waals surface area contributed by atoms with Crippen molar-refractivity contribution in [3.63, 3.8) is 0 Å². The molecular formula is C20H17N3S. The quantitative estimate of drug-likeness (QED) is 0.533. The minimum absolute atomic E-state index is 0.939. The first kappa shape index (κ1) is 14.8. The Labute approximate surface area is 144 Å². The average Bonchev–Trinajstić information content (AvgIpc) is 3.18. The zero-order valence-corrected chi connectivity index (χ0v) is 14.4. The van der Waals surface area contributed by atoms with Crippen LogP contribution >= 0.6 is 11.3 Å². The van der Waals surface area contributed by atoms with Crippen LogP contribution in [0.15, 0.2) is 60.0 Å². The second kappa shape index (κ2) is 6.06. The van der Waals surface area contributed by atoms with Crippen molar-refractivity contribution in [1.29, 1.82) is 0 Å². The lowest BCUT2D eigenvalue weighted by molar-refractivity contribution is 0.922. The Morgan fingerprint density at radius 3 is 2.46 bits per heavy atom. The van der Waals surface area contributed by atoms with Crippen molar-refractivity contribution in [3.05, 3.63) is 82.1 Å². The van der Waals surface area contributed by atoms with Crippen LogP contribution < -0.4 is 0 Å². The molecule has 24 heavy (non-hydrogen) atoms. The van der Waals surface area contributed by atoms with Gasteiger partial charge >= 0.3 is 0 Å². The first-order valence-corrected chi connectivity index (χ1v) is 8.71. The molecule has 0 aliphatic rings. The van der Waals surface area contributed by atoms with E-state index in [9.17, 15) is 0 Å². The lowest BCUT2D eigenvalue weighted by Gasteiger charge is -2.06. The maximum absolute atomic E-state index is 4.86. The van der Waals surface area contributed by atoms with Gasteiger partial charge in [0.25, 0.3) is 0 Å². The highest BCUT2D eigenvalue weighted by atomic mass is 32.1. The molecule has 118 valence electrons. The van der Waals surface area contributed by atoms with Gasteiger partial charge in [-0.05, 0) is 30.7 Å². The van der Waals surface area contributed by atoms with Gasteiger partial charge in [-0.25, -0.2) is 9.97 Å². The van der Waals surface area contributed by atoms with Gasteiger partial charge in [0.15, 0.2) is 0 Å². The maximum atomic E-state index is 4.86. The molecule has 3 nitrogen and oxygen atoms in total. The van der Waals surface area contributed by atoms with Crippen LogP contribution in [0.5, 0.6) is 0 Å². The summed E-state index contributed by atoms with van der Waals surface area (Å²) in [5, 5.41) is 3.08. The van der Waals surface area contributed by atoms with Gasteiger partial charge in [0.1, 0.15) is 10.8 Å². The van der Waals surface area contributed by atoms with Crippen molar-refractivity contribution < 1.29 is 0 Å². The highest BCUT2D eigenvalue weighted by molar-refractivity contribution is 7.11. The molecule has 0 unspecified atom stereocenters. The van der Waals surface area contributed by atoms with Crippen molar-refractivity contribution in [1.82, 2.24) is 14.5 Å². The molecule has 0 spiro atoms. The van der Waals surface area contributed by atoms with Crippen molar-refractivity contribution in [2.75, 3.05) is 0 Å². The molecule has 2 aromatic heterocycles. The molecule has 0 aliphatic heterocycles. The monoisotopic (exact) mass is 331 g/mol. The molecule has 0 amide bonds. The zero-order valence-electron chi connectivity index (χ0n) is 13.6. The topological polar surface area (TPSA) is 30.7 Å². The van der Waals surface area contributed by atoms with Crippen molar-refractivity contribution >= 4 is 34.0 Å². The molecule has 2 heterocycles. The smallest absolute Gasteiger partial charge is 0.143 e. The first-order chi connectivity index (χ1) is 11.7. The number of rotatable bonds is 3. The SMILES string of the molecule is Cc1csc(/C(=C/c2ccccc2)c2nc3ccccc3n2C)n1. The number of imidazole rings is 1. The minimum atomic E-state index is 0.939. The Hall–Kier alpha value is -2.72. The summed E-state index contributed by atoms with van der Waals surface area (Å²) < 4.78 is 2.14. The molecule has 0 saturated carbocycles. The van der Waals surface area contributed by atoms with Crippen LogP contribution in [0.4, 0.5) is 0 Å². The van der Waals surface area contributed by atoms with Crippen molar-refractivity contribution in [2.45, 2.75) is 6.92 Å². The predicted octanol–water partition coefficient (Wildman–Crippen LogP) is 4.93. The molecule has 2 aromatic carbocycles. The fraction of sp³-hybridized carbons (Fsp3) is 0.100. The summed E-state index contributed by atoms with van der Waals surface area (Å²) in [5.74, 6) is 0.939. The Morgan fingerprint density at radius 1 is 1.00 bits per heavy atom. The number of aryl methyl sites for hydroxylation is 2. The number of hydrogen-bond acceptors (Lipinski definition) is 3. The van der Waals surface area contributed by atoms with Crippen molar-refractivity contribution in [2.24, 2.45) is 7.05 Å². The Morgan fingerprint density at radius 2 is 1.75 bits per heavy atom. The molecule has 4 rings (SSSR count). The summed E-state index contributed by atoms with van der Waals surface area (Å²) in [7, 11) is 2.06. The number of hydrogen-bond donors (Lipinski definition) is 0. The number of thiazole rings is 1. The number of fused-ring (bicyclic) bond motifs is 1. The minimum Gasteiger partial charge on any atom is -0.327 e. The molecule has 4 aromatic rings. The largest absolute Gasteiger partial charge is 0.327 e. The molecular weight excluding hydrogens is 314 g/mol. The van der Waals surface area contributed by atoms with Gasteiger partial charge in [-0.3, -0.25) is 0 Å². The maximum Gasteiger partial charge on any atom is 0.143 e. The van der Waals surface area contributed by atoms with Gasteiger partial charge in [-0.15, -0.1) is 11.3 Å². The van der Waals surface area contributed by atoms with E-state index in [0.717, 1.165) is 38.7 Å². The fourth-order valence-corrected chi connectivity index (χ4v) is 3.61. The second-order valence-electron chi connectivity index (χ2n) is 5.75. The van der Waals surface area contributed by atoms with Crippen LogP contribution in [0, 0.1) is 6.92 Å². The Bertz CT molecular complexity index is 1030. The molecule has 0 atom stereocenters. The fourth-order valence-electron chi connectivity index (χ4n) is 2.80. The van der Waals surface area contributed by atoms with E-state index >= 15 is 0 Å². The summed E-state index contributed by atoms with van der Waals surface area (Å²) in [6, 6.07) is 18.5. The highest BCUT2D eigenvalue weighted by Gasteiger charge is 2.16. The summed E-state index contributed by atoms with van der Waals surface area (Å²) >= 11 is 1.66. The summed E-state index contributed by atoms with van der Waals surface area (Å²) in [4.78, 5) is 9.55. The van der Waals surface area contributed by atoms with Gasteiger partial charge < -0.3 is 4.57 Å². The number of benzene rings is 2. The van der Waals surface area contributed by atoms with Crippen molar-refractivity contribution in [3.8, 4) is 0 Å². The molecule has 4 heteroatoms. The summed E-state index contributed by atoms with van der Waals surface area (Å²) in [6.07, 6.45) is 2.17. The van der Waals surface area contributed by atoms with Crippen LogP contribution in [0.25, 0.3) is 22.7 Å². The van der Waals surface area contributed by atoms with E-state index in [1.54, 1.807) is 11.3 Å². The third-order valence-corrected chi connectivity index (χ3v) is 4.98. The molecule has 0 N–H and O–H groups in total. The molecule has 0 aliphatic carbocycles. The van der Waals surface area contributed by atoms with Crippen LogP contribution in [0.1, 0.15) is 22.1 Å². The molecule has 0 bridgehead atoms. The lowest BCUT2D eigenvalue weighted by Crippen LogP contribution is -1.99.